The lowest BCUT2D eigenvalue weighted by Gasteiger charge is -2.25. The monoisotopic (exact) mass is 326 g/mol. The first-order valence-electron chi connectivity index (χ1n) is 8.81. The van der Waals surface area contributed by atoms with Gasteiger partial charge in [-0.25, -0.2) is 8.78 Å². The Labute approximate surface area is 143 Å². The fourth-order valence-corrected chi connectivity index (χ4v) is 3.67. The molecule has 0 amide bonds. The first-order valence-corrected chi connectivity index (χ1v) is 8.81. The van der Waals surface area contributed by atoms with Crippen molar-refractivity contribution in [1.29, 1.82) is 0 Å². The van der Waals surface area contributed by atoms with Crippen LogP contribution in [0.1, 0.15) is 47.6 Å². The van der Waals surface area contributed by atoms with Crippen LogP contribution in [0.5, 0.6) is 0 Å². The van der Waals surface area contributed by atoms with Crippen molar-refractivity contribution < 1.29 is 8.78 Å². The molecule has 0 radical (unpaired) electrons. The molecular weight excluding hydrogens is 302 g/mol. The first kappa shape index (κ1) is 16.9. The summed E-state index contributed by atoms with van der Waals surface area (Å²) in [5.74, 6) is -0.283. The lowest BCUT2D eigenvalue weighted by atomic mass is 9.80. The highest BCUT2D eigenvalue weighted by Crippen LogP contribution is 2.30. The highest BCUT2D eigenvalue weighted by Gasteiger charge is 2.20. The molecule has 0 fully saturated rings. The van der Waals surface area contributed by atoms with E-state index < -0.39 is 11.6 Å². The predicted octanol–water partition coefficient (Wildman–Crippen LogP) is 5.91. The molecule has 3 rings (SSSR count). The van der Waals surface area contributed by atoms with Crippen LogP contribution in [0.25, 0.3) is 6.08 Å². The Balaban J connectivity index is 1.67. The van der Waals surface area contributed by atoms with E-state index in [0.29, 0.717) is 18.8 Å². The van der Waals surface area contributed by atoms with Crippen molar-refractivity contribution in [3.8, 4) is 0 Å². The molecule has 0 heterocycles. The molecule has 126 valence electrons. The number of halogens is 2. The third-order valence-corrected chi connectivity index (χ3v) is 5.21. The number of hydrogen-bond donors (Lipinski definition) is 0. The highest BCUT2D eigenvalue weighted by atomic mass is 19.1. The van der Waals surface area contributed by atoms with Crippen LogP contribution >= 0.6 is 0 Å². The summed E-state index contributed by atoms with van der Waals surface area (Å²) in [6.45, 7) is 5.72. The van der Waals surface area contributed by atoms with Gasteiger partial charge in [0.25, 0.3) is 0 Å². The van der Waals surface area contributed by atoms with Crippen LogP contribution < -0.4 is 0 Å². The van der Waals surface area contributed by atoms with Crippen LogP contribution in [-0.2, 0) is 25.7 Å². The predicted molar refractivity (Wildman–Crippen MR) is 96.1 cm³/mol. The van der Waals surface area contributed by atoms with Gasteiger partial charge in [0.15, 0.2) is 0 Å². The molecule has 2 aromatic carbocycles. The quantitative estimate of drug-likeness (QED) is 0.641. The van der Waals surface area contributed by atoms with E-state index in [0.717, 1.165) is 36.8 Å². The number of hydrogen-bond acceptors (Lipinski definition) is 0. The molecule has 0 saturated carbocycles. The van der Waals surface area contributed by atoms with Gasteiger partial charge in [-0.15, -0.1) is 0 Å². The molecule has 0 nitrogen and oxygen atoms in total. The van der Waals surface area contributed by atoms with E-state index in [1.165, 1.54) is 23.3 Å². The zero-order valence-electron chi connectivity index (χ0n) is 14.2. The molecule has 2 aromatic rings. The van der Waals surface area contributed by atoms with E-state index in [2.05, 4.69) is 24.8 Å². The Kier molecular flexibility index (Phi) is 5.13. The molecule has 0 bridgehead atoms. The summed E-state index contributed by atoms with van der Waals surface area (Å²) in [6.07, 6.45) is 6.97. The van der Waals surface area contributed by atoms with Crippen LogP contribution in [0.2, 0.25) is 0 Å². The van der Waals surface area contributed by atoms with Gasteiger partial charge < -0.3 is 0 Å². The van der Waals surface area contributed by atoms with Gasteiger partial charge >= 0.3 is 0 Å². The van der Waals surface area contributed by atoms with Gasteiger partial charge in [0.05, 0.1) is 0 Å². The maximum Gasteiger partial charge on any atom is 0.129 e. The summed E-state index contributed by atoms with van der Waals surface area (Å²) in [7, 11) is 0. The standard InChI is InChI=1S/C22H24F2/c1-3-15-5-8-19-12-17(6-9-18(19)11-15)7-10-20-21(23)13-16(4-2)14-22(20)24/h3,5,8,11,13-14,17H,1,4,6-7,9-10,12H2,2H3. The molecule has 1 aliphatic carbocycles. The van der Waals surface area contributed by atoms with Crippen molar-refractivity contribution in [3.05, 3.63) is 76.4 Å². The van der Waals surface area contributed by atoms with Crippen LogP contribution in [0.3, 0.4) is 0 Å². The van der Waals surface area contributed by atoms with E-state index in [1.54, 1.807) is 0 Å². The summed E-state index contributed by atoms with van der Waals surface area (Å²) < 4.78 is 28.3. The summed E-state index contributed by atoms with van der Waals surface area (Å²) in [5.41, 5.74) is 4.90. The van der Waals surface area contributed by atoms with Crippen LogP contribution in [0.15, 0.2) is 36.9 Å². The van der Waals surface area contributed by atoms with Crippen molar-refractivity contribution in [1.82, 2.24) is 0 Å². The number of benzene rings is 2. The van der Waals surface area contributed by atoms with E-state index in [-0.39, 0.29) is 5.56 Å². The van der Waals surface area contributed by atoms with Crippen molar-refractivity contribution in [3.63, 3.8) is 0 Å². The van der Waals surface area contributed by atoms with Crippen molar-refractivity contribution in [2.75, 3.05) is 0 Å². The van der Waals surface area contributed by atoms with Crippen molar-refractivity contribution >= 4 is 6.08 Å². The lowest BCUT2D eigenvalue weighted by Crippen LogP contribution is -2.15. The summed E-state index contributed by atoms with van der Waals surface area (Å²) in [4.78, 5) is 0. The fraction of sp³-hybridized carbons (Fsp3) is 0.364. The maximum atomic E-state index is 14.1. The largest absolute Gasteiger partial charge is 0.207 e. The Bertz CT molecular complexity index is 723. The minimum absolute atomic E-state index is 0.250. The summed E-state index contributed by atoms with van der Waals surface area (Å²) in [6, 6.07) is 9.44. The van der Waals surface area contributed by atoms with Crippen molar-refractivity contribution in [2.24, 2.45) is 5.92 Å². The average Bonchev–Trinajstić information content (AvgIpc) is 2.60. The van der Waals surface area contributed by atoms with E-state index in [9.17, 15) is 8.78 Å². The third-order valence-electron chi connectivity index (χ3n) is 5.21. The SMILES string of the molecule is C=Cc1ccc2c(c1)CCC(CCc1c(F)cc(CC)cc1F)C2. The zero-order valence-corrected chi connectivity index (χ0v) is 14.2. The molecule has 0 aromatic heterocycles. The molecule has 1 aliphatic rings. The van der Waals surface area contributed by atoms with Gasteiger partial charge in [0.2, 0.25) is 0 Å². The van der Waals surface area contributed by atoms with Gasteiger partial charge in [-0.3, -0.25) is 0 Å². The maximum absolute atomic E-state index is 14.1. The van der Waals surface area contributed by atoms with E-state index >= 15 is 0 Å². The van der Waals surface area contributed by atoms with Crippen LogP contribution in [-0.4, -0.2) is 0 Å². The van der Waals surface area contributed by atoms with Crippen LogP contribution in [0, 0.1) is 17.6 Å². The van der Waals surface area contributed by atoms with Gasteiger partial charge in [-0.1, -0.05) is 37.8 Å². The molecule has 1 atom stereocenters. The molecule has 0 N–H and O–H groups in total. The molecule has 0 aliphatic heterocycles. The number of fused-ring (bicyclic) bond motifs is 1. The fourth-order valence-electron chi connectivity index (χ4n) is 3.67. The van der Waals surface area contributed by atoms with Gasteiger partial charge in [0, 0.05) is 5.56 Å². The van der Waals surface area contributed by atoms with Crippen LogP contribution in [0.4, 0.5) is 8.78 Å². The smallest absolute Gasteiger partial charge is 0.129 e. The van der Waals surface area contributed by atoms with Gasteiger partial charge in [-0.2, -0.15) is 0 Å². The molecule has 0 spiro atoms. The Morgan fingerprint density at radius 3 is 2.54 bits per heavy atom. The molecular formula is C22H24F2. The minimum atomic E-state index is -0.390. The first-order chi connectivity index (χ1) is 11.6. The van der Waals surface area contributed by atoms with E-state index in [1.807, 2.05) is 13.0 Å². The zero-order chi connectivity index (χ0) is 17.1. The summed E-state index contributed by atoms with van der Waals surface area (Å²) >= 11 is 0. The molecule has 0 saturated heterocycles. The lowest BCUT2D eigenvalue weighted by molar-refractivity contribution is 0.418. The normalized spacial score (nSPS) is 16.7. The number of aryl methyl sites for hydroxylation is 2. The highest BCUT2D eigenvalue weighted by molar-refractivity contribution is 5.50. The van der Waals surface area contributed by atoms with Crippen molar-refractivity contribution in [2.45, 2.75) is 45.4 Å². The second kappa shape index (κ2) is 7.29. The molecule has 2 heteroatoms. The minimum Gasteiger partial charge on any atom is -0.207 e. The molecule has 24 heavy (non-hydrogen) atoms. The van der Waals surface area contributed by atoms with Gasteiger partial charge in [0.1, 0.15) is 11.6 Å². The second-order valence-electron chi connectivity index (χ2n) is 6.77. The number of rotatable bonds is 5. The average molecular weight is 326 g/mol. The topological polar surface area (TPSA) is 0 Å². The Morgan fingerprint density at radius 2 is 1.88 bits per heavy atom. The van der Waals surface area contributed by atoms with E-state index in [4.69, 9.17) is 0 Å². The third kappa shape index (κ3) is 3.58. The van der Waals surface area contributed by atoms with Gasteiger partial charge in [-0.05, 0) is 78.8 Å². The summed E-state index contributed by atoms with van der Waals surface area (Å²) in [5, 5.41) is 0. The Hall–Kier alpha value is -1.96. The Morgan fingerprint density at radius 1 is 1.12 bits per heavy atom. The molecule has 1 unspecified atom stereocenters. The second-order valence-corrected chi connectivity index (χ2v) is 6.77.